The number of nitrogens with zero attached hydrogens (tertiary/aromatic N) is 3. The Labute approximate surface area is 197 Å². The third-order valence-electron chi connectivity index (χ3n) is 5.65. The van der Waals surface area contributed by atoms with Gasteiger partial charge in [-0.15, -0.1) is 0 Å². The molecule has 1 amide bonds. The lowest BCUT2D eigenvalue weighted by atomic mass is 10.1. The monoisotopic (exact) mass is 480 g/mol. The number of carbonyl (C=O) groups excluding carboxylic acids is 1. The molecule has 0 aliphatic carbocycles. The smallest absolute Gasteiger partial charge is 0.270 e. The molecule has 4 rings (SSSR count). The van der Waals surface area contributed by atoms with Crippen LogP contribution in [0.25, 0.3) is 0 Å². The highest BCUT2D eigenvalue weighted by atomic mass is 32.2. The van der Waals surface area contributed by atoms with Crippen LogP contribution in [-0.2, 0) is 16.6 Å². The van der Waals surface area contributed by atoms with Gasteiger partial charge in [0.2, 0.25) is 10.0 Å². The first-order valence-electron chi connectivity index (χ1n) is 10.8. The van der Waals surface area contributed by atoms with Gasteiger partial charge in [-0.1, -0.05) is 36.4 Å². The minimum atomic E-state index is -3.80. The molecule has 0 bridgehead atoms. The molecule has 1 aliphatic heterocycles. The Morgan fingerprint density at radius 3 is 2.24 bits per heavy atom. The number of non-ortho nitro benzene ring substituents is 1. The van der Waals surface area contributed by atoms with Crippen molar-refractivity contribution in [3.8, 4) is 0 Å². The van der Waals surface area contributed by atoms with Crippen LogP contribution in [0.5, 0.6) is 0 Å². The van der Waals surface area contributed by atoms with E-state index in [-0.39, 0.29) is 16.5 Å². The molecule has 176 valence electrons. The Morgan fingerprint density at radius 2 is 1.59 bits per heavy atom. The van der Waals surface area contributed by atoms with Crippen molar-refractivity contribution in [2.45, 2.75) is 11.4 Å². The first kappa shape index (κ1) is 23.6. The van der Waals surface area contributed by atoms with Crippen LogP contribution in [0.1, 0.15) is 15.9 Å². The molecule has 1 N–H and O–H groups in total. The van der Waals surface area contributed by atoms with Gasteiger partial charge < -0.3 is 5.32 Å². The molecule has 0 spiro atoms. The van der Waals surface area contributed by atoms with Crippen LogP contribution in [0.3, 0.4) is 0 Å². The van der Waals surface area contributed by atoms with Crippen molar-refractivity contribution in [3.63, 3.8) is 0 Å². The van der Waals surface area contributed by atoms with E-state index in [1.54, 1.807) is 12.1 Å². The number of rotatable bonds is 7. The minimum absolute atomic E-state index is 0.0699. The molecule has 1 fully saturated rings. The topological polar surface area (TPSA) is 113 Å². The molecule has 1 aliphatic rings. The Morgan fingerprint density at radius 1 is 0.912 bits per heavy atom. The maximum atomic E-state index is 12.9. The lowest BCUT2D eigenvalue weighted by Gasteiger charge is -2.34. The Hall–Kier alpha value is -3.60. The number of anilines is 1. The van der Waals surface area contributed by atoms with Crippen molar-refractivity contribution in [2.24, 2.45) is 0 Å². The lowest BCUT2D eigenvalue weighted by Crippen LogP contribution is -2.48. The summed E-state index contributed by atoms with van der Waals surface area (Å²) in [6.45, 7) is 2.28. The summed E-state index contributed by atoms with van der Waals surface area (Å²) in [5, 5.41) is 13.8. The van der Waals surface area contributed by atoms with Crippen LogP contribution < -0.4 is 5.32 Å². The van der Waals surface area contributed by atoms with Crippen LogP contribution in [0.2, 0.25) is 0 Å². The van der Waals surface area contributed by atoms with Crippen molar-refractivity contribution in [2.75, 3.05) is 31.5 Å². The highest BCUT2D eigenvalue weighted by molar-refractivity contribution is 7.89. The third kappa shape index (κ3) is 5.48. The molecular formula is C24H24N4O5S. The number of piperazine rings is 1. The number of nitrogens with one attached hydrogen (secondary N) is 1. The molecule has 34 heavy (non-hydrogen) atoms. The van der Waals surface area contributed by atoms with Gasteiger partial charge in [0.25, 0.3) is 11.6 Å². The van der Waals surface area contributed by atoms with Crippen molar-refractivity contribution in [1.82, 2.24) is 9.21 Å². The average molecular weight is 481 g/mol. The van der Waals surface area contributed by atoms with Gasteiger partial charge in [-0.25, -0.2) is 8.42 Å². The SMILES string of the molecule is O=C(Nc1ccccc1)c1ccc(CN2CCN(S(=O)(=O)c3cccc([N+](=O)[O-])c3)CC2)cc1. The molecule has 3 aromatic carbocycles. The molecule has 10 heteroatoms. The van der Waals surface area contributed by atoms with Crippen LogP contribution >= 0.6 is 0 Å². The molecule has 3 aromatic rings. The van der Waals surface area contributed by atoms with Crippen LogP contribution in [0.15, 0.2) is 83.8 Å². The van der Waals surface area contributed by atoms with E-state index in [1.807, 2.05) is 42.5 Å². The molecule has 1 heterocycles. The zero-order valence-electron chi connectivity index (χ0n) is 18.3. The van der Waals surface area contributed by atoms with E-state index in [1.165, 1.54) is 22.5 Å². The average Bonchev–Trinajstić information content (AvgIpc) is 2.85. The predicted octanol–water partition coefficient (Wildman–Crippen LogP) is 3.35. The normalized spacial score (nSPS) is 15.1. The summed E-state index contributed by atoms with van der Waals surface area (Å²) in [7, 11) is -3.80. The Kier molecular flexibility index (Phi) is 7.01. The van der Waals surface area contributed by atoms with E-state index in [0.717, 1.165) is 17.3 Å². The van der Waals surface area contributed by atoms with E-state index >= 15 is 0 Å². The molecule has 0 radical (unpaired) electrons. The van der Waals surface area contributed by atoms with Gasteiger partial charge in [-0.2, -0.15) is 4.31 Å². The van der Waals surface area contributed by atoms with Crippen LogP contribution in [-0.4, -0.2) is 54.6 Å². The van der Waals surface area contributed by atoms with Crippen molar-refractivity contribution in [3.05, 3.63) is 100 Å². The number of para-hydroxylation sites is 1. The van der Waals surface area contributed by atoms with Gasteiger partial charge >= 0.3 is 0 Å². The zero-order valence-corrected chi connectivity index (χ0v) is 19.1. The number of amides is 1. The van der Waals surface area contributed by atoms with Gasteiger partial charge in [-0.05, 0) is 35.9 Å². The lowest BCUT2D eigenvalue weighted by molar-refractivity contribution is -0.385. The first-order chi connectivity index (χ1) is 16.3. The number of nitro groups is 1. The zero-order chi connectivity index (χ0) is 24.1. The number of carbonyl (C=O) groups is 1. The number of benzene rings is 3. The van der Waals surface area contributed by atoms with Gasteiger partial charge in [0, 0.05) is 56.1 Å². The highest BCUT2D eigenvalue weighted by Gasteiger charge is 2.29. The van der Waals surface area contributed by atoms with Gasteiger partial charge in [-0.3, -0.25) is 19.8 Å². The molecular weight excluding hydrogens is 456 g/mol. The fourth-order valence-corrected chi connectivity index (χ4v) is 5.24. The molecule has 0 atom stereocenters. The quantitative estimate of drug-likeness (QED) is 0.410. The second-order valence-electron chi connectivity index (χ2n) is 7.95. The third-order valence-corrected chi connectivity index (χ3v) is 7.55. The summed E-state index contributed by atoms with van der Waals surface area (Å²) >= 11 is 0. The second-order valence-corrected chi connectivity index (χ2v) is 9.89. The number of sulfonamides is 1. The van der Waals surface area contributed by atoms with E-state index < -0.39 is 14.9 Å². The molecule has 0 unspecified atom stereocenters. The number of nitro benzene ring substituents is 1. The fraction of sp³-hybridized carbons (Fsp3) is 0.208. The summed E-state index contributed by atoms with van der Waals surface area (Å²) in [4.78, 5) is 24.8. The standard InChI is InChI=1S/C24H24N4O5S/c29-24(25-21-5-2-1-3-6-21)20-11-9-19(10-12-20)18-26-13-15-27(16-14-26)34(32,33)23-8-4-7-22(17-23)28(30)31/h1-12,17H,13-16,18H2,(H,25,29). The maximum absolute atomic E-state index is 12.9. The molecule has 1 saturated heterocycles. The van der Waals surface area contributed by atoms with Gasteiger partial charge in [0.1, 0.15) is 0 Å². The summed E-state index contributed by atoms with van der Waals surface area (Å²) < 4.78 is 27.2. The molecule has 9 nitrogen and oxygen atoms in total. The van der Waals surface area contributed by atoms with Crippen molar-refractivity contribution in [1.29, 1.82) is 0 Å². The van der Waals surface area contributed by atoms with Crippen LogP contribution in [0.4, 0.5) is 11.4 Å². The van der Waals surface area contributed by atoms with E-state index in [0.29, 0.717) is 38.3 Å². The van der Waals surface area contributed by atoms with E-state index in [4.69, 9.17) is 0 Å². The van der Waals surface area contributed by atoms with Gasteiger partial charge in [0.05, 0.1) is 9.82 Å². The largest absolute Gasteiger partial charge is 0.322 e. The summed E-state index contributed by atoms with van der Waals surface area (Å²) in [6, 6.07) is 21.7. The van der Waals surface area contributed by atoms with Crippen molar-refractivity contribution < 1.29 is 18.1 Å². The summed E-state index contributed by atoms with van der Waals surface area (Å²) in [5.41, 5.74) is 2.06. The highest BCUT2D eigenvalue weighted by Crippen LogP contribution is 2.22. The molecule has 0 aromatic heterocycles. The predicted molar refractivity (Wildman–Crippen MR) is 128 cm³/mol. The summed E-state index contributed by atoms with van der Waals surface area (Å²) in [6.07, 6.45) is 0. The molecule has 0 saturated carbocycles. The van der Waals surface area contributed by atoms with Crippen LogP contribution in [0, 0.1) is 10.1 Å². The number of hydrogen-bond donors (Lipinski definition) is 1. The second kappa shape index (κ2) is 10.1. The first-order valence-corrected chi connectivity index (χ1v) is 12.2. The Balaban J connectivity index is 1.33. The van der Waals surface area contributed by atoms with Crippen molar-refractivity contribution >= 4 is 27.3 Å². The fourth-order valence-electron chi connectivity index (χ4n) is 3.78. The van der Waals surface area contributed by atoms with Gasteiger partial charge in [0.15, 0.2) is 0 Å². The minimum Gasteiger partial charge on any atom is -0.322 e. The summed E-state index contributed by atoms with van der Waals surface area (Å²) in [5.74, 6) is -0.183. The van der Waals surface area contributed by atoms with E-state index in [2.05, 4.69) is 10.2 Å². The van der Waals surface area contributed by atoms with E-state index in [9.17, 15) is 23.3 Å². The Bertz CT molecular complexity index is 1270. The maximum Gasteiger partial charge on any atom is 0.270 e. The number of hydrogen-bond acceptors (Lipinski definition) is 6.